The molecule has 0 spiro atoms. The maximum atomic E-state index is 10.9. The minimum Gasteiger partial charge on any atom is -0.214 e. The zero-order chi connectivity index (χ0) is 4.28. The molecule has 0 nitrogen and oxygen atoms in total. The quantitative estimate of drug-likeness (QED) is 0.568. The van der Waals surface area contributed by atoms with E-state index in [1.54, 1.807) is 0 Å². The van der Waals surface area contributed by atoms with Crippen LogP contribution in [0.4, 0.5) is 4.39 Å². The molecule has 0 rings (SSSR count). The van der Waals surface area contributed by atoms with Gasteiger partial charge in [0, 0.05) is 0 Å². The largest absolute Gasteiger partial charge is 0.214 e. The van der Waals surface area contributed by atoms with Gasteiger partial charge in [-0.15, -0.1) is 0 Å². The van der Waals surface area contributed by atoms with Crippen LogP contribution in [0.2, 0.25) is 0 Å². The molecule has 0 amide bonds. The highest BCUT2D eigenvalue weighted by molar-refractivity contribution is 9.28. The monoisotopic (exact) mass is 202 g/mol. The molecule has 3 heteroatoms. The summed E-state index contributed by atoms with van der Waals surface area (Å²) in [6.07, 6.45) is 0.417. The summed E-state index contributed by atoms with van der Waals surface area (Å²) in [5, 5.41) is 0. The molecule has 0 aromatic rings. The molecule has 0 heterocycles. The van der Waals surface area contributed by atoms with E-state index < -0.39 is 0 Å². The Hall–Kier alpha value is 0.630. The third-order valence-electron chi connectivity index (χ3n) is 0.0825. The smallest absolute Gasteiger partial charge is 0.108 e. The minimum atomic E-state index is 0.338. The maximum absolute atomic E-state index is 10.9. The zero-order valence-corrected chi connectivity index (χ0v) is 5.38. The van der Waals surface area contributed by atoms with Crippen LogP contribution in [0.5, 0.6) is 0 Å². The third kappa shape index (κ3) is 4.63. The molecule has 30 valence electrons. The van der Waals surface area contributed by atoms with Gasteiger partial charge in [-0.2, -0.15) is 0 Å². The van der Waals surface area contributed by atoms with Gasteiger partial charge in [0.1, 0.15) is 6.33 Å². The molecule has 0 atom stereocenters. The highest BCUT2D eigenvalue weighted by Gasteiger charge is 1.70. The standard InChI is InChI=1S/C2HBr2F/c3-2(4)1-5/h1H. The molecular weight excluding hydrogens is 203 g/mol. The van der Waals surface area contributed by atoms with Crippen LogP contribution >= 0.6 is 31.9 Å². The minimum absolute atomic E-state index is 0.338. The van der Waals surface area contributed by atoms with Crippen LogP contribution < -0.4 is 0 Å². The van der Waals surface area contributed by atoms with Crippen molar-refractivity contribution in [3.8, 4) is 0 Å². The van der Waals surface area contributed by atoms with Gasteiger partial charge in [0.25, 0.3) is 0 Å². The summed E-state index contributed by atoms with van der Waals surface area (Å²) in [5.74, 6) is 0. The van der Waals surface area contributed by atoms with Crippen LogP contribution in [0.25, 0.3) is 0 Å². The molecule has 0 radical (unpaired) electrons. The van der Waals surface area contributed by atoms with E-state index in [1.165, 1.54) is 0 Å². The molecule has 5 heavy (non-hydrogen) atoms. The van der Waals surface area contributed by atoms with Crippen molar-refractivity contribution < 1.29 is 4.39 Å². The third-order valence-corrected chi connectivity index (χ3v) is 0.429. The van der Waals surface area contributed by atoms with Gasteiger partial charge >= 0.3 is 0 Å². The predicted octanol–water partition coefficient (Wildman–Crippen LogP) is 2.54. The first-order valence-electron chi connectivity index (χ1n) is 0.885. The first-order valence-corrected chi connectivity index (χ1v) is 2.47. The van der Waals surface area contributed by atoms with Gasteiger partial charge in [0.05, 0.1) is 3.39 Å². The average molecular weight is 204 g/mol. The molecular formula is C2HBr2F. The van der Waals surface area contributed by atoms with Gasteiger partial charge < -0.3 is 0 Å². The first-order chi connectivity index (χ1) is 2.27. The van der Waals surface area contributed by atoms with Crippen molar-refractivity contribution in [2.24, 2.45) is 0 Å². The summed E-state index contributed by atoms with van der Waals surface area (Å²) in [6, 6.07) is 0. The van der Waals surface area contributed by atoms with Crippen LogP contribution in [0.1, 0.15) is 0 Å². The van der Waals surface area contributed by atoms with Gasteiger partial charge in [-0.1, -0.05) is 0 Å². The van der Waals surface area contributed by atoms with E-state index in [0.717, 1.165) is 0 Å². The van der Waals surface area contributed by atoms with Gasteiger partial charge in [0.15, 0.2) is 0 Å². The Morgan fingerprint density at radius 1 is 1.60 bits per heavy atom. The molecule has 0 bridgehead atoms. The lowest BCUT2D eigenvalue weighted by molar-refractivity contribution is 0.723. The summed E-state index contributed by atoms with van der Waals surface area (Å²) in [5.41, 5.74) is 0. The normalized spacial score (nSPS) is 7.00. The topological polar surface area (TPSA) is 0 Å². The number of hydrogen-bond donors (Lipinski definition) is 0. The molecule has 0 aliphatic heterocycles. The van der Waals surface area contributed by atoms with Gasteiger partial charge in [-0.3, -0.25) is 0 Å². The lowest BCUT2D eigenvalue weighted by Crippen LogP contribution is -1.32. The van der Waals surface area contributed by atoms with Crippen molar-refractivity contribution in [1.82, 2.24) is 0 Å². The van der Waals surface area contributed by atoms with Gasteiger partial charge in [-0.25, -0.2) is 4.39 Å². The van der Waals surface area contributed by atoms with Crippen molar-refractivity contribution in [2.75, 3.05) is 0 Å². The molecule has 0 fully saturated rings. The highest BCUT2D eigenvalue weighted by Crippen LogP contribution is 2.11. The van der Waals surface area contributed by atoms with E-state index in [0.29, 0.717) is 9.72 Å². The van der Waals surface area contributed by atoms with Gasteiger partial charge in [0.2, 0.25) is 0 Å². The van der Waals surface area contributed by atoms with Crippen LogP contribution in [-0.2, 0) is 0 Å². The Morgan fingerprint density at radius 3 is 1.80 bits per heavy atom. The lowest BCUT2D eigenvalue weighted by Gasteiger charge is -1.64. The van der Waals surface area contributed by atoms with E-state index in [4.69, 9.17) is 0 Å². The Labute approximate surface area is 46.3 Å². The van der Waals surface area contributed by atoms with Crippen LogP contribution in [0.15, 0.2) is 9.72 Å². The maximum Gasteiger partial charge on any atom is 0.108 e. The fourth-order valence-electron chi connectivity index (χ4n) is 0. The summed E-state index contributed by atoms with van der Waals surface area (Å²) < 4.78 is 11.2. The Balaban J connectivity index is 3.14. The molecule has 0 aliphatic carbocycles. The van der Waals surface area contributed by atoms with E-state index in [9.17, 15) is 4.39 Å². The Bertz CT molecular complexity index is 45.6. The Kier molecular flexibility index (Phi) is 3.20. The molecule has 0 aromatic carbocycles. The summed E-state index contributed by atoms with van der Waals surface area (Å²) in [6.45, 7) is 0. The fourth-order valence-corrected chi connectivity index (χ4v) is 0. The lowest BCUT2D eigenvalue weighted by atomic mass is 11.2. The number of rotatable bonds is 0. The van der Waals surface area contributed by atoms with Crippen molar-refractivity contribution in [3.63, 3.8) is 0 Å². The van der Waals surface area contributed by atoms with Gasteiger partial charge in [-0.05, 0) is 31.9 Å². The van der Waals surface area contributed by atoms with Crippen molar-refractivity contribution in [1.29, 1.82) is 0 Å². The van der Waals surface area contributed by atoms with Crippen molar-refractivity contribution in [2.45, 2.75) is 0 Å². The predicted molar refractivity (Wildman–Crippen MR) is 27.0 cm³/mol. The zero-order valence-electron chi connectivity index (χ0n) is 2.21. The second-order valence-electron chi connectivity index (χ2n) is 0.399. The Morgan fingerprint density at radius 2 is 1.80 bits per heavy atom. The first kappa shape index (κ1) is 5.63. The second-order valence-corrected chi connectivity index (χ2v) is 3.17. The fraction of sp³-hybridized carbons (Fsp3) is 0. The number of halogens is 3. The summed E-state index contributed by atoms with van der Waals surface area (Å²) in [4.78, 5) is 0. The molecule has 0 unspecified atom stereocenters. The molecule has 0 aromatic heterocycles. The molecule has 0 N–H and O–H groups in total. The average Bonchev–Trinajstić information content (AvgIpc) is 1.38. The highest BCUT2D eigenvalue weighted by atomic mass is 79.9. The second kappa shape index (κ2) is 2.85. The summed E-state index contributed by atoms with van der Waals surface area (Å²) in [7, 11) is 0. The van der Waals surface area contributed by atoms with Crippen LogP contribution in [0.3, 0.4) is 0 Å². The van der Waals surface area contributed by atoms with E-state index in [-0.39, 0.29) is 0 Å². The van der Waals surface area contributed by atoms with Crippen LogP contribution in [-0.4, -0.2) is 0 Å². The molecule has 0 saturated carbocycles. The van der Waals surface area contributed by atoms with Crippen molar-refractivity contribution >= 4 is 31.9 Å². The van der Waals surface area contributed by atoms with E-state index in [1.807, 2.05) is 0 Å². The van der Waals surface area contributed by atoms with E-state index >= 15 is 0 Å². The van der Waals surface area contributed by atoms with Crippen LogP contribution in [0, 0.1) is 0 Å². The molecule has 0 aliphatic rings. The molecule has 0 saturated heterocycles. The summed E-state index contributed by atoms with van der Waals surface area (Å²) >= 11 is 5.55. The SMILES string of the molecule is FC=C(Br)Br. The number of hydrogen-bond acceptors (Lipinski definition) is 0. The van der Waals surface area contributed by atoms with E-state index in [2.05, 4.69) is 31.9 Å². The van der Waals surface area contributed by atoms with Crippen molar-refractivity contribution in [3.05, 3.63) is 9.72 Å².